The third kappa shape index (κ3) is 4.10. The number of aromatic nitrogens is 2. The van der Waals surface area contributed by atoms with Crippen LogP contribution in [-0.4, -0.2) is 9.97 Å². The summed E-state index contributed by atoms with van der Waals surface area (Å²) in [5, 5.41) is 11.9. The summed E-state index contributed by atoms with van der Waals surface area (Å²) in [4.78, 5) is 8.62. The summed E-state index contributed by atoms with van der Waals surface area (Å²) in [6, 6.07) is 12.6. The van der Waals surface area contributed by atoms with Gasteiger partial charge in [0.05, 0.1) is 11.6 Å². The van der Waals surface area contributed by atoms with Crippen molar-refractivity contribution < 1.29 is 4.74 Å². The van der Waals surface area contributed by atoms with Crippen molar-refractivity contribution in [3.8, 4) is 17.7 Å². The molecule has 0 aliphatic carbocycles. The average molecular weight is 425 g/mol. The number of rotatable bonds is 4. The van der Waals surface area contributed by atoms with Crippen LogP contribution in [0.15, 0.2) is 40.9 Å². The third-order valence-corrected chi connectivity index (χ3v) is 4.54. The van der Waals surface area contributed by atoms with Gasteiger partial charge in [0.2, 0.25) is 11.8 Å². The Kier molecular flexibility index (Phi) is 5.14. The Hall–Kier alpha value is -3.31. The fourth-order valence-electron chi connectivity index (χ4n) is 2.57. The maximum Gasteiger partial charge on any atom is 0.240 e. The summed E-state index contributed by atoms with van der Waals surface area (Å²) in [6.07, 6.45) is 0. The lowest BCUT2D eigenvalue weighted by atomic mass is 10.1. The van der Waals surface area contributed by atoms with Gasteiger partial charge in [-0.2, -0.15) is 15.2 Å². The van der Waals surface area contributed by atoms with E-state index in [1.165, 1.54) is 0 Å². The molecule has 5 N–H and O–H groups in total. The minimum Gasteiger partial charge on any atom is -0.437 e. The van der Waals surface area contributed by atoms with Crippen LogP contribution in [0.1, 0.15) is 16.7 Å². The monoisotopic (exact) mass is 424 g/mol. The summed E-state index contributed by atoms with van der Waals surface area (Å²) >= 11 is 3.38. The highest BCUT2D eigenvalue weighted by atomic mass is 79.9. The van der Waals surface area contributed by atoms with E-state index in [9.17, 15) is 0 Å². The van der Waals surface area contributed by atoms with E-state index in [0.717, 1.165) is 16.8 Å². The molecule has 1 heterocycles. The minimum absolute atomic E-state index is 0.238. The normalized spacial score (nSPS) is 10.3. The number of nitrogens with zero attached hydrogens (tertiary/aromatic N) is 3. The van der Waals surface area contributed by atoms with Gasteiger partial charge in [-0.1, -0.05) is 0 Å². The molecular weight excluding hydrogens is 408 g/mol. The highest BCUT2D eigenvalue weighted by Crippen LogP contribution is 2.36. The van der Waals surface area contributed by atoms with Crippen molar-refractivity contribution in [2.75, 3.05) is 16.8 Å². The fraction of sp³-hybridized carbons (Fsp3) is 0.105. The smallest absolute Gasteiger partial charge is 0.240 e. The average Bonchev–Trinajstić information content (AvgIpc) is 2.62. The van der Waals surface area contributed by atoms with E-state index in [1.807, 2.05) is 26.0 Å². The van der Waals surface area contributed by atoms with Gasteiger partial charge in [0.15, 0.2) is 0 Å². The van der Waals surface area contributed by atoms with Crippen LogP contribution in [0.3, 0.4) is 0 Å². The molecule has 0 saturated heterocycles. The molecule has 27 heavy (non-hydrogen) atoms. The topological polar surface area (TPSA) is 123 Å². The lowest BCUT2D eigenvalue weighted by molar-refractivity contribution is 0.453. The van der Waals surface area contributed by atoms with Crippen molar-refractivity contribution in [2.24, 2.45) is 0 Å². The van der Waals surface area contributed by atoms with Gasteiger partial charge in [0.1, 0.15) is 16.0 Å². The second-order valence-corrected chi connectivity index (χ2v) is 6.74. The van der Waals surface area contributed by atoms with Gasteiger partial charge in [-0.05, 0) is 77.3 Å². The molecule has 0 atom stereocenters. The number of nitriles is 1. The number of halogens is 1. The van der Waals surface area contributed by atoms with E-state index in [0.29, 0.717) is 21.5 Å². The molecule has 8 heteroatoms. The molecule has 136 valence electrons. The predicted molar refractivity (Wildman–Crippen MR) is 109 cm³/mol. The van der Waals surface area contributed by atoms with Crippen molar-refractivity contribution in [3.63, 3.8) is 0 Å². The van der Waals surface area contributed by atoms with E-state index in [2.05, 4.69) is 37.3 Å². The van der Waals surface area contributed by atoms with Gasteiger partial charge in [-0.15, -0.1) is 0 Å². The van der Waals surface area contributed by atoms with Crippen molar-refractivity contribution in [1.29, 1.82) is 5.26 Å². The minimum atomic E-state index is 0.238. The Morgan fingerprint density at radius 2 is 1.70 bits per heavy atom. The fourth-order valence-corrected chi connectivity index (χ4v) is 2.82. The molecule has 7 nitrogen and oxygen atoms in total. The number of anilines is 4. The maximum atomic E-state index is 8.88. The summed E-state index contributed by atoms with van der Waals surface area (Å²) < 4.78 is 6.47. The molecule has 0 saturated carbocycles. The predicted octanol–water partition coefficient (Wildman–Crippen LogP) is 4.43. The summed E-state index contributed by atoms with van der Waals surface area (Å²) in [6.45, 7) is 3.82. The largest absolute Gasteiger partial charge is 0.437 e. The third-order valence-electron chi connectivity index (χ3n) is 3.80. The van der Waals surface area contributed by atoms with Gasteiger partial charge in [0, 0.05) is 11.4 Å². The van der Waals surface area contributed by atoms with Crippen molar-refractivity contribution in [2.45, 2.75) is 13.8 Å². The zero-order valence-corrected chi connectivity index (χ0v) is 16.3. The van der Waals surface area contributed by atoms with Gasteiger partial charge in [-0.25, -0.2) is 0 Å². The second kappa shape index (κ2) is 7.51. The molecule has 0 unspecified atom stereocenters. The van der Waals surface area contributed by atoms with Crippen LogP contribution in [0, 0.1) is 25.2 Å². The van der Waals surface area contributed by atoms with Crippen LogP contribution in [0.5, 0.6) is 11.6 Å². The first-order valence-electron chi connectivity index (χ1n) is 8.02. The summed E-state index contributed by atoms with van der Waals surface area (Å²) in [5.41, 5.74) is 15.6. The number of hydrogen-bond donors (Lipinski definition) is 3. The van der Waals surface area contributed by atoms with Gasteiger partial charge >= 0.3 is 0 Å². The molecular formula is C19H17BrN6O. The Morgan fingerprint density at radius 3 is 2.30 bits per heavy atom. The molecule has 3 aromatic rings. The molecule has 2 aromatic carbocycles. The SMILES string of the molecule is Cc1cc(N)cc(C)c1Oc1nc(Nc2ccc(C#N)cc2)nc(N)c1Br. The molecule has 0 amide bonds. The van der Waals surface area contributed by atoms with E-state index in [4.69, 9.17) is 21.5 Å². The van der Waals surface area contributed by atoms with Crippen LogP contribution in [-0.2, 0) is 0 Å². The zero-order valence-electron chi connectivity index (χ0n) is 14.7. The second-order valence-electron chi connectivity index (χ2n) is 5.95. The van der Waals surface area contributed by atoms with Gasteiger partial charge in [0.25, 0.3) is 0 Å². The van der Waals surface area contributed by atoms with Gasteiger partial charge < -0.3 is 21.5 Å². The van der Waals surface area contributed by atoms with Crippen LogP contribution < -0.4 is 21.5 Å². The molecule has 0 aliphatic heterocycles. The summed E-state index contributed by atoms with van der Waals surface area (Å²) in [7, 11) is 0. The van der Waals surface area contributed by atoms with Gasteiger partial charge in [-0.3, -0.25) is 0 Å². The van der Waals surface area contributed by atoms with Crippen LogP contribution in [0.4, 0.5) is 23.1 Å². The number of nitrogen functional groups attached to an aromatic ring is 2. The lowest BCUT2D eigenvalue weighted by Gasteiger charge is -2.15. The Balaban J connectivity index is 1.93. The maximum absolute atomic E-state index is 8.88. The standard InChI is InChI=1S/C19H17BrN6O/c1-10-7-13(22)8-11(2)16(10)27-18-15(20)17(23)25-19(26-18)24-14-5-3-12(9-21)4-6-14/h3-8H,22H2,1-2H3,(H3,23,24,25,26). The molecule has 0 spiro atoms. The number of ether oxygens (including phenoxy) is 1. The molecule has 3 rings (SSSR count). The van der Waals surface area contributed by atoms with E-state index >= 15 is 0 Å². The van der Waals surface area contributed by atoms with Crippen LogP contribution in [0.25, 0.3) is 0 Å². The highest BCUT2D eigenvalue weighted by molar-refractivity contribution is 9.10. The van der Waals surface area contributed by atoms with Crippen molar-refractivity contribution >= 4 is 39.1 Å². The Labute approximate surface area is 165 Å². The first-order valence-corrected chi connectivity index (χ1v) is 8.81. The van der Waals surface area contributed by atoms with Crippen molar-refractivity contribution in [3.05, 3.63) is 57.6 Å². The number of aryl methyl sites for hydroxylation is 2. The quantitative estimate of drug-likeness (QED) is 0.529. The lowest BCUT2D eigenvalue weighted by Crippen LogP contribution is -2.04. The van der Waals surface area contributed by atoms with Crippen LogP contribution >= 0.6 is 15.9 Å². The number of hydrogen-bond acceptors (Lipinski definition) is 7. The number of nitrogens with two attached hydrogens (primary N) is 2. The first kappa shape index (κ1) is 18.5. The van der Waals surface area contributed by atoms with E-state index in [-0.39, 0.29) is 17.6 Å². The molecule has 0 bridgehead atoms. The zero-order chi connectivity index (χ0) is 19.6. The molecule has 0 aliphatic rings. The molecule has 1 aromatic heterocycles. The number of benzene rings is 2. The van der Waals surface area contributed by atoms with E-state index < -0.39 is 0 Å². The first-order chi connectivity index (χ1) is 12.9. The Bertz CT molecular complexity index is 1020. The highest BCUT2D eigenvalue weighted by Gasteiger charge is 2.15. The van der Waals surface area contributed by atoms with Crippen molar-refractivity contribution in [1.82, 2.24) is 9.97 Å². The molecule has 0 radical (unpaired) electrons. The van der Waals surface area contributed by atoms with E-state index in [1.54, 1.807) is 24.3 Å². The molecule has 0 fully saturated rings. The Morgan fingerprint density at radius 1 is 1.07 bits per heavy atom. The summed E-state index contributed by atoms with van der Waals surface area (Å²) in [5.74, 6) is 1.46. The number of nitrogens with one attached hydrogen (secondary N) is 1. The van der Waals surface area contributed by atoms with Crippen LogP contribution in [0.2, 0.25) is 0 Å².